The first-order valence-electron chi connectivity index (χ1n) is 7.07. The molecule has 0 spiro atoms. The number of aromatic nitrogens is 1. The molecule has 0 saturated carbocycles. The van der Waals surface area contributed by atoms with Crippen LogP contribution >= 0.6 is 0 Å². The summed E-state index contributed by atoms with van der Waals surface area (Å²) in [5.74, 6) is 0.648. The molecule has 1 amide bonds. The molecule has 106 valence electrons. The molecule has 1 aromatic rings. The molecule has 1 rings (SSSR count). The van der Waals surface area contributed by atoms with Gasteiger partial charge in [-0.05, 0) is 44.4 Å². The van der Waals surface area contributed by atoms with Crippen LogP contribution in [0.1, 0.15) is 51.3 Å². The summed E-state index contributed by atoms with van der Waals surface area (Å²) >= 11 is 0. The summed E-state index contributed by atoms with van der Waals surface area (Å²) in [5.41, 5.74) is 6.45. The van der Waals surface area contributed by atoms with Gasteiger partial charge in [0.05, 0.1) is 11.7 Å². The number of rotatable bonds is 8. The number of nitrogens with two attached hydrogens (primary N) is 1. The monoisotopic (exact) mass is 263 g/mol. The SMILES string of the molecule is CCC(CCN)CCC(=O)NC(C)c1ccccn1. The summed E-state index contributed by atoms with van der Waals surface area (Å²) in [7, 11) is 0. The average Bonchev–Trinajstić information content (AvgIpc) is 2.44. The summed E-state index contributed by atoms with van der Waals surface area (Å²) in [5, 5.41) is 2.99. The van der Waals surface area contributed by atoms with Crippen molar-refractivity contribution in [3.63, 3.8) is 0 Å². The Kier molecular flexibility index (Phi) is 7.11. The minimum absolute atomic E-state index is 0.0386. The minimum atomic E-state index is -0.0386. The highest BCUT2D eigenvalue weighted by atomic mass is 16.1. The Bertz CT molecular complexity index is 367. The highest BCUT2D eigenvalue weighted by Gasteiger charge is 2.12. The molecule has 0 radical (unpaired) electrons. The Balaban J connectivity index is 2.35. The van der Waals surface area contributed by atoms with E-state index in [1.165, 1.54) is 0 Å². The van der Waals surface area contributed by atoms with Crippen LogP contribution in [0.25, 0.3) is 0 Å². The van der Waals surface area contributed by atoms with Crippen molar-refractivity contribution in [2.24, 2.45) is 11.7 Å². The number of nitrogens with zero attached hydrogens (tertiary/aromatic N) is 1. The van der Waals surface area contributed by atoms with E-state index < -0.39 is 0 Å². The zero-order valence-electron chi connectivity index (χ0n) is 11.9. The maximum atomic E-state index is 11.9. The predicted octanol–water partition coefficient (Wildman–Crippen LogP) is 2.41. The van der Waals surface area contributed by atoms with Gasteiger partial charge in [0.2, 0.25) is 5.91 Å². The Morgan fingerprint density at radius 3 is 2.79 bits per heavy atom. The fourth-order valence-electron chi connectivity index (χ4n) is 2.14. The quantitative estimate of drug-likeness (QED) is 0.757. The third-order valence-electron chi connectivity index (χ3n) is 3.44. The highest BCUT2D eigenvalue weighted by Crippen LogP contribution is 2.15. The molecule has 2 unspecified atom stereocenters. The van der Waals surface area contributed by atoms with Crippen molar-refractivity contribution in [2.45, 2.75) is 45.6 Å². The molecule has 3 N–H and O–H groups in total. The standard InChI is InChI=1S/C15H25N3O/c1-3-13(9-10-16)7-8-15(19)18-12(2)14-6-4-5-11-17-14/h4-6,11-13H,3,7-10,16H2,1-2H3,(H,18,19). The van der Waals surface area contributed by atoms with Crippen molar-refractivity contribution in [1.82, 2.24) is 10.3 Å². The Hall–Kier alpha value is -1.42. The predicted molar refractivity (Wildman–Crippen MR) is 77.5 cm³/mol. The van der Waals surface area contributed by atoms with Crippen LogP contribution in [-0.4, -0.2) is 17.4 Å². The van der Waals surface area contributed by atoms with Crippen LogP contribution in [0.5, 0.6) is 0 Å². The fourth-order valence-corrected chi connectivity index (χ4v) is 2.14. The second-order valence-corrected chi connectivity index (χ2v) is 4.93. The topological polar surface area (TPSA) is 68.0 Å². The fraction of sp³-hybridized carbons (Fsp3) is 0.600. The molecule has 0 fully saturated rings. The Morgan fingerprint density at radius 1 is 1.42 bits per heavy atom. The van der Waals surface area contributed by atoms with Gasteiger partial charge in [-0.3, -0.25) is 9.78 Å². The highest BCUT2D eigenvalue weighted by molar-refractivity contribution is 5.76. The van der Waals surface area contributed by atoms with Gasteiger partial charge in [-0.2, -0.15) is 0 Å². The van der Waals surface area contributed by atoms with Crippen LogP contribution in [0.2, 0.25) is 0 Å². The summed E-state index contributed by atoms with van der Waals surface area (Å²) < 4.78 is 0. The molecule has 0 aliphatic rings. The molecule has 2 atom stereocenters. The number of hydrogen-bond acceptors (Lipinski definition) is 3. The summed E-state index contributed by atoms with van der Waals surface area (Å²) in [6.45, 7) is 4.80. The van der Waals surface area contributed by atoms with E-state index in [0.717, 1.165) is 25.0 Å². The normalized spacial score (nSPS) is 13.8. The number of carbonyl (C=O) groups excluding carboxylic acids is 1. The molecule has 1 aromatic heterocycles. The van der Waals surface area contributed by atoms with Gasteiger partial charge < -0.3 is 11.1 Å². The lowest BCUT2D eigenvalue weighted by molar-refractivity contribution is -0.122. The second kappa shape index (κ2) is 8.64. The van der Waals surface area contributed by atoms with Crippen molar-refractivity contribution in [3.05, 3.63) is 30.1 Å². The van der Waals surface area contributed by atoms with Gasteiger partial charge in [0.1, 0.15) is 0 Å². The van der Waals surface area contributed by atoms with Gasteiger partial charge >= 0.3 is 0 Å². The summed E-state index contributed by atoms with van der Waals surface area (Å²) in [6, 6.07) is 5.69. The molecule has 4 heteroatoms. The number of pyridine rings is 1. The van der Waals surface area contributed by atoms with E-state index in [2.05, 4.69) is 17.2 Å². The van der Waals surface area contributed by atoms with Crippen molar-refractivity contribution >= 4 is 5.91 Å². The van der Waals surface area contributed by atoms with Crippen LogP contribution in [0.15, 0.2) is 24.4 Å². The molecule has 0 saturated heterocycles. The molecular weight excluding hydrogens is 238 g/mol. The van der Waals surface area contributed by atoms with Gasteiger partial charge in [0, 0.05) is 12.6 Å². The van der Waals surface area contributed by atoms with E-state index in [-0.39, 0.29) is 11.9 Å². The number of hydrogen-bond donors (Lipinski definition) is 2. The second-order valence-electron chi connectivity index (χ2n) is 4.93. The number of carbonyl (C=O) groups is 1. The van der Waals surface area contributed by atoms with Crippen molar-refractivity contribution < 1.29 is 4.79 Å². The van der Waals surface area contributed by atoms with E-state index in [1.54, 1.807) is 6.20 Å². The minimum Gasteiger partial charge on any atom is -0.348 e. The lowest BCUT2D eigenvalue weighted by Crippen LogP contribution is -2.27. The molecule has 0 aromatic carbocycles. The van der Waals surface area contributed by atoms with Gasteiger partial charge in [-0.1, -0.05) is 19.4 Å². The van der Waals surface area contributed by atoms with Crippen molar-refractivity contribution in [3.8, 4) is 0 Å². The molecular formula is C15H25N3O. The number of nitrogens with one attached hydrogen (secondary N) is 1. The van der Waals surface area contributed by atoms with E-state index in [9.17, 15) is 4.79 Å². The van der Waals surface area contributed by atoms with Crippen molar-refractivity contribution in [2.75, 3.05) is 6.54 Å². The summed E-state index contributed by atoms with van der Waals surface area (Å²) in [4.78, 5) is 16.1. The Labute approximate surface area is 115 Å². The average molecular weight is 263 g/mol. The van der Waals surface area contributed by atoms with Crippen LogP contribution < -0.4 is 11.1 Å². The first kappa shape index (κ1) is 15.6. The van der Waals surface area contributed by atoms with Gasteiger partial charge in [0.15, 0.2) is 0 Å². The van der Waals surface area contributed by atoms with Crippen LogP contribution in [0, 0.1) is 5.92 Å². The van der Waals surface area contributed by atoms with E-state index in [1.807, 2.05) is 25.1 Å². The molecule has 4 nitrogen and oxygen atoms in total. The lowest BCUT2D eigenvalue weighted by atomic mass is 9.96. The van der Waals surface area contributed by atoms with E-state index in [0.29, 0.717) is 18.9 Å². The maximum Gasteiger partial charge on any atom is 0.220 e. The first-order valence-corrected chi connectivity index (χ1v) is 7.07. The molecule has 0 aliphatic heterocycles. The Morgan fingerprint density at radius 2 is 2.21 bits per heavy atom. The largest absolute Gasteiger partial charge is 0.348 e. The van der Waals surface area contributed by atoms with Crippen LogP contribution in [-0.2, 0) is 4.79 Å². The van der Waals surface area contributed by atoms with Gasteiger partial charge in [-0.15, -0.1) is 0 Å². The van der Waals surface area contributed by atoms with Gasteiger partial charge in [-0.25, -0.2) is 0 Å². The zero-order valence-corrected chi connectivity index (χ0v) is 11.9. The van der Waals surface area contributed by atoms with Crippen molar-refractivity contribution in [1.29, 1.82) is 0 Å². The van der Waals surface area contributed by atoms with E-state index >= 15 is 0 Å². The maximum absolute atomic E-state index is 11.9. The molecule has 0 aliphatic carbocycles. The smallest absolute Gasteiger partial charge is 0.220 e. The van der Waals surface area contributed by atoms with Crippen LogP contribution in [0.4, 0.5) is 0 Å². The lowest BCUT2D eigenvalue weighted by Gasteiger charge is -2.16. The molecule has 1 heterocycles. The van der Waals surface area contributed by atoms with E-state index in [4.69, 9.17) is 5.73 Å². The zero-order chi connectivity index (χ0) is 14.1. The number of amides is 1. The molecule has 0 bridgehead atoms. The first-order chi connectivity index (χ1) is 9.17. The molecule has 19 heavy (non-hydrogen) atoms. The van der Waals surface area contributed by atoms with Crippen LogP contribution in [0.3, 0.4) is 0 Å². The third-order valence-corrected chi connectivity index (χ3v) is 3.44. The summed E-state index contributed by atoms with van der Waals surface area (Å²) in [6.07, 6.45) is 5.30. The third kappa shape index (κ3) is 5.83. The van der Waals surface area contributed by atoms with Gasteiger partial charge in [0.25, 0.3) is 0 Å².